The van der Waals surface area contributed by atoms with Crippen molar-refractivity contribution in [1.82, 2.24) is 4.57 Å². The zero-order valence-electron chi connectivity index (χ0n) is 6.51. The second-order valence-corrected chi connectivity index (χ2v) is 4.03. The zero-order chi connectivity index (χ0) is 8.72. The Hall–Kier alpha value is -0.470. The molecule has 0 unspecified atom stereocenters. The van der Waals surface area contributed by atoms with Gasteiger partial charge in [-0.1, -0.05) is 33.6 Å². The molecule has 0 fully saturated rings. The Morgan fingerprint density at radius 1 is 1.33 bits per heavy atom. The number of fused-ring (bicyclic) bond motifs is 1. The van der Waals surface area contributed by atoms with Gasteiger partial charge in [-0.2, -0.15) is 0 Å². The first-order valence-electron chi connectivity index (χ1n) is 3.59. The van der Waals surface area contributed by atoms with Crippen LogP contribution in [0.4, 0.5) is 0 Å². The molecule has 1 heterocycles. The molecule has 0 atom stereocenters. The highest BCUT2D eigenvalue weighted by Gasteiger charge is 2.02. The molecule has 1 aromatic heterocycles. The van der Waals surface area contributed by atoms with Crippen LogP contribution in [0, 0.1) is 0 Å². The highest BCUT2D eigenvalue weighted by Crippen LogP contribution is 2.24. The number of nitrogens with zero attached hydrogens (tertiary/aromatic N) is 1. The van der Waals surface area contributed by atoms with Crippen molar-refractivity contribution >= 4 is 38.4 Å². The Kier molecular flexibility index (Phi) is 1.89. The largest absolute Gasteiger partial charge is 0.335 e. The van der Waals surface area contributed by atoms with Gasteiger partial charge < -0.3 is 4.57 Å². The van der Waals surface area contributed by atoms with Crippen molar-refractivity contribution in [1.29, 1.82) is 0 Å². The molecule has 62 valence electrons. The molecule has 0 saturated carbocycles. The monoisotopic (exact) mass is 243 g/mol. The van der Waals surface area contributed by atoms with Crippen LogP contribution in [-0.4, -0.2) is 4.57 Å². The number of aromatic nitrogens is 1. The van der Waals surface area contributed by atoms with Gasteiger partial charge in [0.25, 0.3) is 0 Å². The van der Waals surface area contributed by atoms with E-state index in [1.165, 1.54) is 5.39 Å². The molecule has 3 heteroatoms. The fourth-order valence-corrected chi connectivity index (χ4v) is 1.83. The molecule has 0 aliphatic heterocycles. The van der Waals surface area contributed by atoms with Gasteiger partial charge >= 0.3 is 0 Å². The number of aryl methyl sites for hydroxylation is 1. The van der Waals surface area contributed by atoms with E-state index in [-0.39, 0.29) is 0 Å². The topological polar surface area (TPSA) is 4.93 Å². The van der Waals surface area contributed by atoms with E-state index in [2.05, 4.69) is 22.0 Å². The lowest BCUT2D eigenvalue weighted by atomic mass is 10.2. The van der Waals surface area contributed by atoms with Crippen LogP contribution in [0.2, 0.25) is 5.15 Å². The van der Waals surface area contributed by atoms with E-state index >= 15 is 0 Å². The van der Waals surface area contributed by atoms with Crippen molar-refractivity contribution in [3.8, 4) is 0 Å². The summed E-state index contributed by atoms with van der Waals surface area (Å²) in [5, 5.41) is 1.94. The third-order valence-electron chi connectivity index (χ3n) is 1.95. The molecular formula is C9H7BrClN. The first kappa shape index (κ1) is 8.14. The molecule has 0 aliphatic rings. The molecule has 0 aliphatic carbocycles. The number of rotatable bonds is 0. The molecule has 0 radical (unpaired) electrons. The van der Waals surface area contributed by atoms with Gasteiger partial charge in [0.05, 0.1) is 5.52 Å². The Labute approximate surface area is 84.1 Å². The summed E-state index contributed by atoms with van der Waals surface area (Å²) in [6, 6.07) is 8.08. The van der Waals surface area contributed by atoms with Gasteiger partial charge in [0.1, 0.15) is 5.15 Å². The molecule has 0 amide bonds. The predicted octanol–water partition coefficient (Wildman–Crippen LogP) is 3.59. The van der Waals surface area contributed by atoms with Crippen molar-refractivity contribution in [2.45, 2.75) is 0 Å². The summed E-state index contributed by atoms with van der Waals surface area (Å²) in [5.41, 5.74) is 1.15. The van der Waals surface area contributed by atoms with Crippen molar-refractivity contribution in [2.75, 3.05) is 0 Å². The molecule has 0 spiro atoms. The van der Waals surface area contributed by atoms with Crippen molar-refractivity contribution in [3.05, 3.63) is 33.9 Å². The fraction of sp³-hybridized carbons (Fsp3) is 0.111. The summed E-state index contributed by atoms with van der Waals surface area (Å²) in [6.07, 6.45) is 0. The maximum Gasteiger partial charge on any atom is 0.109 e. The molecule has 0 N–H and O–H groups in total. The van der Waals surface area contributed by atoms with Crippen LogP contribution < -0.4 is 0 Å². The fourth-order valence-electron chi connectivity index (χ4n) is 1.27. The molecule has 0 saturated heterocycles. The van der Waals surface area contributed by atoms with Gasteiger partial charge in [0.2, 0.25) is 0 Å². The van der Waals surface area contributed by atoms with E-state index in [9.17, 15) is 0 Å². The van der Waals surface area contributed by atoms with Crippen LogP contribution in [0.1, 0.15) is 0 Å². The molecular weight excluding hydrogens is 237 g/mol. The SMILES string of the molecule is Cn1c(Cl)cc2ccc(Br)cc21. The first-order valence-corrected chi connectivity index (χ1v) is 4.76. The zero-order valence-corrected chi connectivity index (χ0v) is 8.85. The Morgan fingerprint density at radius 2 is 2.08 bits per heavy atom. The van der Waals surface area contributed by atoms with Crippen LogP contribution in [0.25, 0.3) is 10.9 Å². The smallest absolute Gasteiger partial charge is 0.109 e. The number of hydrogen-bond acceptors (Lipinski definition) is 0. The molecule has 2 rings (SSSR count). The van der Waals surface area contributed by atoms with Crippen LogP contribution in [0.3, 0.4) is 0 Å². The van der Waals surface area contributed by atoms with Crippen molar-refractivity contribution in [3.63, 3.8) is 0 Å². The maximum absolute atomic E-state index is 5.95. The van der Waals surface area contributed by atoms with E-state index < -0.39 is 0 Å². The second kappa shape index (κ2) is 2.79. The summed E-state index contributed by atoms with van der Waals surface area (Å²) in [5.74, 6) is 0. The maximum atomic E-state index is 5.95. The summed E-state index contributed by atoms with van der Waals surface area (Å²) in [4.78, 5) is 0. The van der Waals surface area contributed by atoms with E-state index in [4.69, 9.17) is 11.6 Å². The van der Waals surface area contributed by atoms with Gasteiger partial charge in [-0.3, -0.25) is 0 Å². The summed E-state index contributed by atoms with van der Waals surface area (Å²) >= 11 is 9.37. The minimum atomic E-state index is 0.767. The number of hydrogen-bond donors (Lipinski definition) is 0. The minimum absolute atomic E-state index is 0.767. The summed E-state index contributed by atoms with van der Waals surface area (Å²) in [6.45, 7) is 0. The van der Waals surface area contributed by atoms with Crippen LogP contribution in [0.5, 0.6) is 0 Å². The minimum Gasteiger partial charge on any atom is -0.335 e. The average molecular weight is 245 g/mol. The van der Waals surface area contributed by atoms with E-state index in [0.29, 0.717) is 0 Å². The molecule has 1 nitrogen and oxygen atoms in total. The third-order valence-corrected chi connectivity index (χ3v) is 2.80. The van der Waals surface area contributed by atoms with Crippen LogP contribution in [0.15, 0.2) is 28.7 Å². The molecule has 2 aromatic rings. The van der Waals surface area contributed by atoms with Gasteiger partial charge in [0.15, 0.2) is 0 Å². The number of halogens is 2. The van der Waals surface area contributed by atoms with E-state index in [1.54, 1.807) is 0 Å². The predicted molar refractivity (Wildman–Crippen MR) is 55.6 cm³/mol. The van der Waals surface area contributed by atoms with Gasteiger partial charge in [-0.25, -0.2) is 0 Å². The standard InChI is InChI=1S/C9H7BrClN/c1-12-8-5-7(10)3-2-6(8)4-9(12)11/h2-5H,1H3. The third kappa shape index (κ3) is 1.15. The summed E-state index contributed by atoms with van der Waals surface area (Å²) < 4.78 is 3.04. The quantitative estimate of drug-likeness (QED) is 0.667. The number of benzene rings is 1. The van der Waals surface area contributed by atoms with Crippen LogP contribution in [-0.2, 0) is 7.05 Å². The van der Waals surface area contributed by atoms with Crippen molar-refractivity contribution < 1.29 is 0 Å². The second-order valence-electron chi connectivity index (χ2n) is 2.73. The molecule has 1 aromatic carbocycles. The van der Waals surface area contributed by atoms with E-state index in [0.717, 1.165) is 15.1 Å². The molecule has 12 heavy (non-hydrogen) atoms. The summed E-state index contributed by atoms with van der Waals surface area (Å²) in [7, 11) is 1.96. The normalized spacial score (nSPS) is 10.9. The van der Waals surface area contributed by atoms with Crippen LogP contribution >= 0.6 is 27.5 Å². The van der Waals surface area contributed by atoms with Gasteiger partial charge in [-0.15, -0.1) is 0 Å². The lowest BCUT2D eigenvalue weighted by Gasteiger charge is -1.97. The first-order chi connectivity index (χ1) is 5.68. The Morgan fingerprint density at radius 3 is 2.83 bits per heavy atom. The lowest BCUT2D eigenvalue weighted by Crippen LogP contribution is -1.85. The Bertz CT molecular complexity index is 433. The molecule has 0 bridgehead atoms. The van der Waals surface area contributed by atoms with Gasteiger partial charge in [-0.05, 0) is 18.2 Å². The van der Waals surface area contributed by atoms with Gasteiger partial charge in [0, 0.05) is 16.9 Å². The highest BCUT2D eigenvalue weighted by atomic mass is 79.9. The van der Waals surface area contributed by atoms with Crippen molar-refractivity contribution in [2.24, 2.45) is 7.05 Å². The van der Waals surface area contributed by atoms with E-state index in [1.807, 2.05) is 29.8 Å². The highest BCUT2D eigenvalue weighted by molar-refractivity contribution is 9.10. The average Bonchev–Trinajstić information content (AvgIpc) is 2.31. The Balaban J connectivity index is 2.88. The lowest BCUT2D eigenvalue weighted by molar-refractivity contribution is 0.970.